The zero-order valence-electron chi connectivity index (χ0n) is 80.7. The molecule has 0 aromatic heterocycles. The van der Waals surface area contributed by atoms with Gasteiger partial charge in [0.2, 0.25) is 11.8 Å². The third kappa shape index (κ3) is 64.2. The van der Waals surface area contributed by atoms with Crippen molar-refractivity contribution in [3.05, 3.63) is 0 Å². The van der Waals surface area contributed by atoms with Crippen molar-refractivity contribution in [1.29, 1.82) is 0 Å². The summed E-state index contributed by atoms with van der Waals surface area (Å²) in [6.45, 7) is 13.2. The quantitative estimate of drug-likeness (QED) is 0.0121. The van der Waals surface area contributed by atoms with E-state index in [2.05, 4.69) is 52.2 Å². The lowest BCUT2D eigenvalue weighted by Crippen LogP contribution is -2.67. The van der Waals surface area contributed by atoms with E-state index in [-0.39, 0.29) is 19.3 Å². The highest BCUT2D eigenvalue weighted by Crippen LogP contribution is 2.43. The summed E-state index contributed by atoms with van der Waals surface area (Å²) in [5.74, 6) is -4.16. The number of esters is 4. The normalized spacial score (nSPS) is 20.1. The summed E-state index contributed by atoms with van der Waals surface area (Å²) in [7, 11) is -5.60. The number of aliphatic hydroxyl groups is 4. The van der Waals surface area contributed by atoms with Gasteiger partial charge in [0.05, 0.1) is 63.3 Å². The molecule has 0 aromatic carbocycles. The molecule has 0 radical (unpaired) electrons. The number of phosphoric acid groups is 1. The minimum atomic E-state index is -5.60. The molecule has 2 amide bonds. The second-order valence-electron chi connectivity index (χ2n) is 37.4. The highest BCUT2D eigenvalue weighted by Gasteiger charge is 2.54. The molecule has 0 bridgehead atoms. The lowest BCUT2D eigenvalue weighted by Gasteiger charge is -2.47. The molecule has 2 fully saturated rings. The molecule has 2 heterocycles. The fraction of sp³-hybridized carbons (Fsp3) is 0.941. The first-order valence-corrected chi connectivity index (χ1v) is 53.8. The predicted molar refractivity (Wildman–Crippen MR) is 501 cm³/mol. The van der Waals surface area contributed by atoms with E-state index in [0.717, 1.165) is 173 Å². The smallest absolute Gasteiger partial charge is 0.462 e. The fourth-order valence-electron chi connectivity index (χ4n) is 17.7. The van der Waals surface area contributed by atoms with Crippen LogP contribution in [0.5, 0.6) is 0 Å². The van der Waals surface area contributed by atoms with Crippen molar-refractivity contribution in [2.45, 2.75) is 596 Å². The first-order valence-electron chi connectivity index (χ1n) is 52.3. The highest BCUT2D eigenvalue weighted by molar-refractivity contribution is 7.46. The van der Waals surface area contributed by atoms with Crippen molar-refractivity contribution < 1.29 is 101 Å². The standard InChI is InChI=1S/C101H191N2O21P/c1-8-14-20-26-32-38-44-45-51-57-62-68-74-91(109)119-85(72-66-60-54-48-41-35-29-23-17-11-4)78-90(108)103-96-100(123-94(112)79-86(73-67-61-55-49-42-36-30-24-18-12-5)120-92(110)75-69-63-56-50-43-37-31-25-19-13-6)98(124-125(114,115)116)87(80-104)121-101(96)117-81-88-97(113)99(122-93(111)77-84(106)71-65-59-53-47-40-34-28-22-16-10-3)95(82(7)118-88)102-89(107)76-83(105)70-64-58-52-46-39-33-27-21-15-9-2/h82-88,95-101,104-106,113H,8-81H2,1-7H3,(H,102,107)(H,103,108)(H2,114,115,116)/t82?,83-,84-,85-,86-,87?,88?,95?,96?,97-,98-,99-,100-,101-/m1/s1. The summed E-state index contributed by atoms with van der Waals surface area (Å²) in [6.07, 6.45) is 49.4. The molecule has 0 saturated carbocycles. The highest BCUT2D eigenvalue weighted by atomic mass is 31.2. The van der Waals surface area contributed by atoms with E-state index < -0.39 is 162 Å². The average Bonchev–Trinajstić information content (AvgIpc) is 0.780. The van der Waals surface area contributed by atoms with Crippen LogP contribution in [-0.2, 0) is 71.0 Å². The minimum absolute atomic E-state index is 0.126. The van der Waals surface area contributed by atoms with Crippen molar-refractivity contribution in [3.63, 3.8) is 0 Å². The molecule has 14 atom stereocenters. The fourth-order valence-corrected chi connectivity index (χ4v) is 18.3. The van der Waals surface area contributed by atoms with Gasteiger partial charge in [-0.1, -0.05) is 414 Å². The number of carbonyl (C=O) groups excluding carboxylic acids is 6. The third-order valence-corrected chi connectivity index (χ3v) is 25.9. The van der Waals surface area contributed by atoms with E-state index in [1.165, 1.54) is 193 Å². The largest absolute Gasteiger partial charge is 0.470 e. The van der Waals surface area contributed by atoms with E-state index in [0.29, 0.717) is 57.8 Å². The third-order valence-electron chi connectivity index (χ3n) is 25.4. The van der Waals surface area contributed by atoms with Crippen molar-refractivity contribution in [1.82, 2.24) is 10.6 Å². The Morgan fingerprint density at radius 3 is 0.992 bits per heavy atom. The number of hydrogen-bond donors (Lipinski definition) is 8. The van der Waals surface area contributed by atoms with Gasteiger partial charge in [-0.2, -0.15) is 0 Å². The van der Waals surface area contributed by atoms with E-state index in [9.17, 15) is 54.0 Å². The van der Waals surface area contributed by atoms with Crippen molar-refractivity contribution in [2.75, 3.05) is 13.2 Å². The molecule has 2 aliphatic heterocycles. The molecule has 8 N–H and O–H groups in total. The van der Waals surface area contributed by atoms with Crippen molar-refractivity contribution >= 4 is 43.5 Å². The summed E-state index contributed by atoms with van der Waals surface area (Å²) in [5.41, 5.74) is 0. The summed E-state index contributed by atoms with van der Waals surface area (Å²) >= 11 is 0. The van der Waals surface area contributed by atoms with Gasteiger partial charge in [0.1, 0.15) is 42.7 Å². The molecule has 2 saturated heterocycles. The molecule has 5 unspecified atom stereocenters. The molecule has 736 valence electrons. The zero-order valence-corrected chi connectivity index (χ0v) is 81.6. The maximum atomic E-state index is 15.2. The lowest BCUT2D eigenvalue weighted by molar-refractivity contribution is -0.285. The number of carbonyl (C=O) groups is 6. The molecular weight excluding hydrogens is 1610 g/mol. The molecule has 0 aliphatic carbocycles. The molecule has 24 heteroatoms. The molecule has 2 aliphatic rings. The summed E-state index contributed by atoms with van der Waals surface area (Å²) < 4.78 is 63.0. The Balaban J connectivity index is 2.73. The second-order valence-corrected chi connectivity index (χ2v) is 38.6. The van der Waals surface area contributed by atoms with E-state index in [1.54, 1.807) is 6.92 Å². The number of ether oxygens (including phenoxy) is 7. The first-order chi connectivity index (χ1) is 60.6. The molecule has 125 heavy (non-hydrogen) atoms. The van der Waals surface area contributed by atoms with Crippen molar-refractivity contribution in [3.8, 4) is 0 Å². The van der Waals surface area contributed by atoms with Gasteiger partial charge in [0.15, 0.2) is 18.5 Å². The number of unbranched alkanes of at least 4 members (excludes halogenated alkanes) is 56. The van der Waals surface area contributed by atoms with Crippen LogP contribution in [0.2, 0.25) is 0 Å². The van der Waals surface area contributed by atoms with Crippen LogP contribution < -0.4 is 10.6 Å². The number of phosphoric ester groups is 1. The summed E-state index contributed by atoms with van der Waals surface area (Å²) in [6, 6.07) is -2.96. The summed E-state index contributed by atoms with van der Waals surface area (Å²) in [5, 5.41) is 52.1. The van der Waals surface area contributed by atoms with Crippen LogP contribution >= 0.6 is 7.82 Å². The Kier molecular flexibility index (Phi) is 75.6. The number of rotatable bonds is 88. The van der Waals surface area contributed by atoms with Gasteiger partial charge in [-0.25, -0.2) is 4.57 Å². The Morgan fingerprint density at radius 1 is 0.344 bits per heavy atom. The van der Waals surface area contributed by atoms with Crippen LogP contribution in [0.15, 0.2) is 0 Å². The molecule has 0 aromatic rings. The van der Waals surface area contributed by atoms with Crippen LogP contribution in [-0.4, -0.2) is 165 Å². The average molecular weight is 1800 g/mol. The molecule has 2 rings (SSSR count). The van der Waals surface area contributed by atoms with E-state index >= 15 is 9.59 Å². The number of nitrogens with one attached hydrogen (secondary N) is 2. The van der Waals surface area contributed by atoms with Gasteiger partial charge >= 0.3 is 31.7 Å². The Morgan fingerprint density at radius 2 is 0.640 bits per heavy atom. The second kappa shape index (κ2) is 80.3. The van der Waals surface area contributed by atoms with Crippen LogP contribution in [0.25, 0.3) is 0 Å². The van der Waals surface area contributed by atoms with Gasteiger partial charge in [0.25, 0.3) is 0 Å². The Hall–Kier alpha value is -3.35. The Labute approximate surface area is 761 Å². The van der Waals surface area contributed by atoms with Crippen LogP contribution in [0.4, 0.5) is 0 Å². The predicted octanol–water partition coefficient (Wildman–Crippen LogP) is 23.9. The number of amides is 2. The van der Waals surface area contributed by atoms with Gasteiger partial charge < -0.3 is 74.0 Å². The van der Waals surface area contributed by atoms with Crippen LogP contribution in [0, 0.1) is 0 Å². The van der Waals surface area contributed by atoms with E-state index in [4.69, 9.17) is 37.7 Å². The maximum Gasteiger partial charge on any atom is 0.470 e. The number of hydrogen-bond acceptors (Lipinski definition) is 19. The van der Waals surface area contributed by atoms with E-state index in [1.807, 2.05) is 0 Å². The minimum Gasteiger partial charge on any atom is -0.462 e. The first kappa shape index (κ1) is 118. The van der Waals surface area contributed by atoms with Crippen LogP contribution in [0.1, 0.15) is 511 Å². The lowest BCUT2D eigenvalue weighted by atomic mass is 9.92. The Bertz CT molecular complexity index is 2620. The van der Waals surface area contributed by atoms with Crippen LogP contribution in [0.3, 0.4) is 0 Å². The van der Waals surface area contributed by atoms with Gasteiger partial charge in [-0.15, -0.1) is 0 Å². The molecular formula is C101H191N2O21P. The zero-order chi connectivity index (χ0) is 91.4. The monoisotopic (exact) mass is 1800 g/mol. The SMILES string of the molecule is CCCCCCCCCCCCCCC(=O)O[C@H](CCCCCCCCCCCC)CC(=O)NC1[C@H](OCC2OC(C)C(NC(=O)C[C@H](O)CCCCCCCCCCCC)[C@@H](OC(=O)C[C@H](O)CCCCCCCCCCCC)[C@@H]2O)OC(CO)[C@@H](OP(=O)(O)O)[C@@H]1OC(=O)C[C@@H](CCCCCCCCCCCC)OC(=O)CCCCCCCCCCCC. The molecule has 0 spiro atoms. The van der Waals surface area contributed by atoms with Gasteiger partial charge in [0, 0.05) is 12.8 Å². The van der Waals surface area contributed by atoms with Gasteiger partial charge in [-0.05, 0) is 58.3 Å². The summed E-state index contributed by atoms with van der Waals surface area (Å²) in [4.78, 5) is 108. The maximum absolute atomic E-state index is 15.2. The van der Waals surface area contributed by atoms with Crippen molar-refractivity contribution in [2.24, 2.45) is 0 Å². The van der Waals surface area contributed by atoms with Gasteiger partial charge in [-0.3, -0.25) is 33.3 Å². The number of aliphatic hydroxyl groups excluding tert-OH is 4. The topological polar surface area (TPSA) is 339 Å². The molecule has 23 nitrogen and oxygen atoms in total.